The van der Waals surface area contributed by atoms with Gasteiger partial charge in [0.1, 0.15) is 0 Å². The lowest BCUT2D eigenvalue weighted by Gasteiger charge is -2.19. The van der Waals surface area contributed by atoms with E-state index in [0.29, 0.717) is 0 Å². The lowest BCUT2D eigenvalue weighted by Crippen LogP contribution is -2.26. The second kappa shape index (κ2) is 9.00. The van der Waals surface area contributed by atoms with Crippen LogP contribution in [0.4, 0.5) is 0 Å². The molecule has 0 heterocycles. The minimum atomic E-state index is 1.05. The number of unbranched alkanes of at least 4 members (excludes halogenated alkanes) is 3. The van der Waals surface area contributed by atoms with E-state index in [9.17, 15) is 0 Å². The highest BCUT2D eigenvalue weighted by molar-refractivity contribution is 4.76. The maximum Gasteiger partial charge on any atom is 0.000954 e. The first-order valence-electron chi connectivity index (χ1n) is 7.29. The average Bonchev–Trinajstić information content (AvgIpc) is 3.10. The summed E-state index contributed by atoms with van der Waals surface area (Å²) < 4.78 is 0. The van der Waals surface area contributed by atoms with E-state index in [0.717, 1.165) is 12.5 Å². The summed E-state index contributed by atoms with van der Waals surface area (Å²) in [5.41, 5.74) is 0. The normalized spacial score (nSPS) is 15.9. The predicted molar refractivity (Wildman–Crippen MR) is 71.8 cm³/mol. The topological polar surface area (TPSA) is 15.3 Å². The Kier molecular flexibility index (Phi) is 7.87. The van der Waals surface area contributed by atoms with Gasteiger partial charge in [-0.2, -0.15) is 0 Å². The molecule has 0 aromatic heterocycles. The molecule has 2 heteroatoms. The van der Waals surface area contributed by atoms with Crippen molar-refractivity contribution in [2.75, 3.05) is 32.7 Å². The molecular formula is C14H30N2. The first kappa shape index (κ1) is 14.0. The van der Waals surface area contributed by atoms with E-state index in [1.807, 2.05) is 0 Å². The van der Waals surface area contributed by atoms with Crippen LogP contribution in [0.1, 0.15) is 52.4 Å². The summed E-state index contributed by atoms with van der Waals surface area (Å²) in [6, 6.07) is 0. The van der Waals surface area contributed by atoms with Gasteiger partial charge in [0.25, 0.3) is 0 Å². The summed E-state index contributed by atoms with van der Waals surface area (Å²) in [6.45, 7) is 10.7. The molecule has 0 amide bonds. The largest absolute Gasteiger partial charge is 0.317 e. The van der Waals surface area contributed by atoms with Crippen LogP contribution in [0.3, 0.4) is 0 Å². The monoisotopic (exact) mass is 226 g/mol. The van der Waals surface area contributed by atoms with Crippen molar-refractivity contribution in [3.8, 4) is 0 Å². The molecule has 16 heavy (non-hydrogen) atoms. The third-order valence-corrected chi connectivity index (χ3v) is 3.49. The molecule has 1 aliphatic rings. The van der Waals surface area contributed by atoms with Gasteiger partial charge in [-0.3, -0.25) is 0 Å². The molecule has 96 valence electrons. The first-order chi connectivity index (χ1) is 7.86. The van der Waals surface area contributed by atoms with Gasteiger partial charge >= 0.3 is 0 Å². The van der Waals surface area contributed by atoms with E-state index in [1.165, 1.54) is 64.7 Å². The minimum absolute atomic E-state index is 1.05. The van der Waals surface area contributed by atoms with Crippen molar-refractivity contribution >= 4 is 0 Å². The van der Waals surface area contributed by atoms with Crippen LogP contribution in [0.5, 0.6) is 0 Å². The Labute approximate surface area is 102 Å². The number of rotatable bonds is 11. The molecule has 1 fully saturated rings. The molecule has 1 N–H and O–H groups in total. The molecule has 1 saturated carbocycles. The van der Waals surface area contributed by atoms with Gasteiger partial charge in [0.15, 0.2) is 0 Å². The molecule has 0 spiro atoms. The maximum absolute atomic E-state index is 3.38. The number of hydrogen-bond acceptors (Lipinski definition) is 2. The third kappa shape index (κ3) is 7.24. The molecule has 0 unspecified atom stereocenters. The van der Waals surface area contributed by atoms with Gasteiger partial charge < -0.3 is 10.2 Å². The Morgan fingerprint density at radius 1 is 1.06 bits per heavy atom. The Balaban J connectivity index is 1.84. The molecule has 0 bridgehead atoms. The van der Waals surface area contributed by atoms with Gasteiger partial charge in [0.05, 0.1) is 0 Å². The van der Waals surface area contributed by atoms with Crippen LogP contribution >= 0.6 is 0 Å². The van der Waals surface area contributed by atoms with Crippen LogP contribution in [0.15, 0.2) is 0 Å². The summed E-state index contributed by atoms with van der Waals surface area (Å²) in [5, 5.41) is 3.38. The van der Waals surface area contributed by atoms with Crippen LogP contribution in [0.25, 0.3) is 0 Å². The number of nitrogens with one attached hydrogen (secondary N) is 1. The molecule has 0 saturated heterocycles. The van der Waals surface area contributed by atoms with E-state index < -0.39 is 0 Å². The van der Waals surface area contributed by atoms with Gasteiger partial charge in [-0.25, -0.2) is 0 Å². The quantitative estimate of drug-likeness (QED) is 0.545. The van der Waals surface area contributed by atoms with Crippen molar-refractivity contribution in [3.63, 3.8) is 0 Å². The molecule has 2 nitrogen and oxygen atoms in total. The maximum atomic E-state index is 3.38. The molecule has 0 aliphatic heterocycles. The predicted octanol–water partition coefficient (Wildman–Crippen LogP) is 2.89. The highest BCUT2D eigenvalue weighted by Gasteiger charge is 2.23. The highest BCUT2D eigenvalue weighted by atomic mass is 15.1. The lowest BCUT2D eigenvalue weighted by molar-refractivity contribution is 0.269. The molecule has 0 aromatic rings. The van der Waals surface area contributed by atoms with Gasteiger partial charge in [0, 0.05) is 6.54 Å². The summed E-state index contributed by atoms with van der Waals surface area (Å²) >= 11 is 0. The number of nitrogens with zero attached hydrogens (tertiary/aromatic N) is 1. The molecule has 0 atom stereocenters. The van der Waals surface area contributed by atoms with Crippen molar-refractivity contribution in [1.82, 2.24) is 10.2 Å². The average molecular weight is 226 g/mol. The second-order valence-corrected chi connectivity index (χ2v) is 5.10. The fourth-order valence-electron chi connectivity index (χ4n) is 2.16. The SMILES string of the molecule is CCNCCCCCCN(CC)CC1CC1. The van der Waals surface area contributed by atoms with Gasteiger partial charge in [-0.1, -0.05) is 26.7 Å². The van der Waals surface area contributed by atoms with Crippen LogP contribution in [0.2, 0.25) is 0 Å². The van der Waals surface area contributed by atoms with Gasteiger partial charge in [-0.15, -0.1) is 0 Å². The standard InChI is InChI=1S/C14H30N2/c1-3-15-11-7-5-6-8-12-16(4-2)13-14-9-10-14/h14-15H,3-13H2,1-2H3. The minimum Gasteiger partial charge on any atom is -0.317 e. The van der Waals surface area contributed by atoms with Crippen molar-refractivity contribution < 1.29 is 0 Å². The molecule has 1 aliphatic carbocycles. The van der Waals surface area contributed by atoms with Crippen molar-refractivity contribution in [1.29, 1.82) is 0 Å². The van der Waals surface area contributed by atoms with Gasteiger partial charge in [-0.05, 0) is 57.8 Å². The Morgan fingerprint density at radius 3 is 2.44 bits per heavy atom. The smallest absolute Gasteiger partial charge is 0.000954 e. The van der Waals surface area contributed by atoms with Crippen LogP contribution in [-0.2, 0) is 0 Å². The molecular weight excluding hydrogens is 196 g/mol. The Hall–Kier alpha value is -0.0800. The van der Waals surface area contributed by atoms with E-state index in [4.69, 9.17) is 0 Å². The fraction of sp³-hybridized carbons (Fsp3) is 1.00. The Bertz CT molecular complexity index is 155. The summed E-state index contributed by atoms with van der Waals surface area (Å²) in [4.78, 5) is 2.64. The van der Waals surface area contributed by atoms with Crippen LogP contribution < -0.4 is 5.32 Å². The van der Waals surface area contributed by atoms with E-state index in [2.05, 4.69) is 24.1 Å². The zero-order valence-electron chi connectivity index (χ0n) is 11.3. The number of hydrogen-bond donors (Lipinski definition) is 1. The summed E-state index contributed by atoms with van der Waals surface area (Å²) in [7, 11) is 0. The van der Waals surface area contributed by atoms with Crippen molar-refractivity contribution in [2.45, 2.75) is 52.4 Å². The Morgan fingerprint density at radius 2 is 1.81 bits per heavy atom. The highest BCUT2D eigenvalue weighted by Crippen LogP contribution is 2.29. The molecule has 0 aromatic carbocycles. The zero-order valence-corrected chi connectivity index (χ0v) is 11.3. The van der Waals surface area contributed by atoms with Crippen LogP contribution in [-0.4, -0.2) is 37.6 Å². The van der Waals surface area contributed by atoms with E-state index >= 15 is 0 Å². The fourth-order valence-corrected chi connectivity index (χ4v) is 2.16. The molecule has 0 radical (unpaired) electrons. The summed E-state index contributed by atoms with van der Waals surface area (Å²) in [5.74, 6) is 1.05. The third-order valence-electron chi connectivity index (χ3n) is 3.49. The van der Waals surface area contributed by atoms with Crippen molar-refractivity contribution in [3.05, 3.63) is 0 Å². The van der Waals surface area contributed by atoms with E-state index in [1.54, 1.807) is 0 Å². The lowest BCUT2D eigenvalue weighted by atomic mass is 10.2. The van der Waals surface area contributed by atoms with Crippen LogP contribution in [0, 0.1) is 5.92 Å². The second-order valence-electron chi connectivity index (χ2n) is 5.10. The molecule has 1 rings (SSSR count). The van der Waals surface area contributed by atoms with Crippen molar-refractivity contribution in [2.24, 2.45) is 5.92 Å². The zero-order chi connectivity index (χ0) is 11.6. The van der Waals surface area contributed by atoms with E-state index in [-0.39, 0.29) is 0 Å². The first-order valence-corrected chi connectivity index (χ1v) is 7.29. The van der Waals surface area contributed by atoms with Gasteiger partial charge in [0.2, 0.25) is 0 Å². The summed E-state index contributed by atoms with van der Waals surface area (Å²) in [6.07, 6.45) is 8.52.